The minimum Gasteiger partial charge on any atom is -0.490 e. The number of amides is 3. The highest BCUT2D eigenvalue weighted by Gasteiger charge is 2.19. The maximum absolute atomic E-state index is 12.2. The molecule has 0 spiro atoms. The number of carbonyl (C=O) groups is 3. The van der Waals surface area contributed by atoms with Crippen molar-refractivity contribution in [3.63, 3.8) is 0 Å². The van der Waals surface area contributed by atoms with Gasteiger partial charge in [0.1, 0.15) is 0 Å². The minimum absolute atomic E-state index is 0.0472. The van der Waals surface area contributed by atoms with Gasteiger partial charge < -0.3 is 24.4 Å². The van der Waals surface area contributed by atoms with Crippen LogP contribution in [0.2, 0.25) is 0 Å². The summed E-state index contributed by atoms with van der Waals surface area (Å²) in [5, 5.41) is 6.33. The predicted molar refractivity (Wildman–Crippen MR) is 123 cm³/mol. The van der Waals surface area contributed by atoms with Gasteiger partial charge in [0.05, 0.1) is 18.9 Å². The van der Waals surface area contributed by atoms with Crippen LogP contribution in [0.4, 0.5) is 0 Å². The summed E-state index contributed by atoms with van der Waals surface area (Å²) in [6.45, 7) is 8.44. The van der Waals surface area contributed by atoms with Crippen LogP contribution >= 0.6 is 0 Å². The zero-order chi connectivity index (χ0) is 24.1. The molecule has 1 heterocycles. The Morgan fingerprint density at radius 2 is 1.88 bits per heavy atom. The van der Waals surface area contributed by atoms with E-state index in [9.17, 15) is 14.4 Å². The Balaban J connectivity index is 1.82. The van der Waals surface area contributed by atoms with Gasteiger partial charge in [0, 0.05) is 26.2 Å². The Bertz CT molecular complexity index is 821. The lowest BCUT2D eigenvalue weighted by Gasteiger charge is -2.17. The van der Waals surface area contributed by atoms with Crippen molar-refractivity contribution in [2.45, 2.75) is 46.1 Å². The molecule has 1 saturated heterocycles. The van der Waals surface area contributed by atoms with Gasteiger partial charge in [-0.3, -0.25) is 14.4 Å². The molecule has 3 amide bonds. The van der Waals surface area contributed by atoms with Crippen LogP contribution in [0.15, 0.2) is 23.3 Å². The second-order valence-corrected chi connectivity index (χ2v) is 7.74. The maximum Gasteiger partial charge on any atom is 0.329 e. The SMILES string of the molecule is CCOc1cc(/C=N\NC(=O)C(=O)NCCCOC(C)C)ccc1OCC(=O)N1CCCC1. The summed E-state index contributed by atoms with van der Waals surface area (Å²) in [4.78, 5) is 37.6. The molecule has 10 nitrogen and oxygen atoms in total. The van der Waals surface area contributed by atoms with Crippen LogP contribution in [-0.2, 0) is 19.1 Å². The number of ether oxygens (including phenoxy) is 3. The number of hydrogen-bond donors (Lipinski definition) is 2. The van der Waals surface area contributed by atoms with Crippen LogP contribution in [0.3, 0.4) is 0 Å². The Labute approximate surface area is 194 Å². The zero-order valence-electron chi connectivity index (χ0n) is 19.6. The van der Waals surface area contributed by atoms with Crippen LogP contribution in [0.25, 0.3) is 0 Å². The monoisotopic (exact) mass is 462 g/mol. The first kappa shape index (κ1) is 26.1. The molecule has 0 aromatic heterocycles. The standard InChI is InChI=1S/C23H34N4O6/c1-4-31-20-14-18(8-9-19(20)33-16-21(28)27-11-5-6-12-27)15-25-26-23(30)22(29)24-10-7-13-32-17(2)3/h8-9,14-15,17H,4-7,10-13,16H2,1-3H3,(H,24,29)(H,26,30)/b25-15-. The number of benzene rings is 1. The third kappa shape index (κ3) is 9.48. The third-order valence-electron chi connectivity index (χ3n) is 4.72. The number of hydrogen-bond acceptors (Lipinski definition) is 7. The second kappa shape index (κ2) is 14.1. The van der Waals surface area contributed by atoms with Crippen LogP contribution in [0.1, 0.15) is 45.6 Å². The summed E-state index contributed by atoms with van der Waals surface area (Å²) < 4.78 is 16.6. The second-order valence-electron chi connectivity index (χ2n) is 7.74. The van der Waals surface area contributed by atoms with E-state index >= 15 is 0 Å². The Kier molecular flexibility index (Phi) is 11.2. The first-order valence-electron chi connectivity index (χ1n) is 11.3. The van der Waals surface area contributed by atoms with Gasteiger partial charge in [0.15, 0.2) is 18.1 Å². The van der Waals surface area contributed by atoms with E-state index in [0.29, 0.717) is 43.2 Å². The van der Waals surface area contributed by atoms with E-state index in [-0.39, 0.29) is 18.6 Å². The highest BCUT2D eigenvalue weighted by atomic mass is 16.5. The molecule has 2 rings (SSSR count). The lowest BCUT2D eigenvalue weighted by atomic mass is 10.2. The van der Waals surface area contributed by atoms with Gasteiger partial charge in [-0.15, -0.1) is 0 Å². The van der Waals surface area contributed by atoms with Crippen LogP contribution in [-0.4, -0.2) is 74.4 Å². The molecular weight excluding hydrogens is 428 g/mol. The molecule has 1 aliphatic rings. The van der Waals surface area contributed by atoms with Gasteiger partial charge >= 0.3 is 11.8 Å². The van der Waals surface area contributed by atoms with Gasteiger partial charge in [0.2, 0.25) is 0 Å². The quantitative estimate of drug-likeness (QED) is 0.210. The van der Waals surface area contributed by atoms with Crippen LogP contribution in [0, 0.1) is 0 Å². The van der Waals surface area contributed by atoms with Gasteiger partial charge in [-0.25, -0.2) is 5.43 Å². The number of nitrogens with zero attached hydrogens (tertiary/aromatic N) is 2. The highest BCUT2D eigenvalue weighted by Crippen LogP contribution is 2.28. The molecule has 0 bridgehead atoms. The summed E-state index contributed by atoms with van der Waals surface area (Å²) in [6, 6.07) is 5.07. The van der Waals surface area contributed by atoms with Crippen molar-refractivity contribution in [3.8, 4) is 11.5 Å². The van der Waals surface area contributed by atoms with Gasteiger partial charge in [-0.2, -0.15) is 5.10 Å². The fourth-order valence-corrected chi connectivity index (χ4v) is 3.08. The summed E-state index contributed by atoms with van der Waals surface area (Å²) >= 11 is 0. The first-order chi connectivity index (χ1) is 15.9. The van der Waals surface area contributed by atoms with E-state index in [2.05, 4.69) is 15.8 Å². The van der Waals surface area contributed by atoms with E-state index < -0.39 is 11.8 Å². The minimum atomic E-state index is -0.860. The molecule has 10 heteroatoms. The molecule has 0 saturated carbocycles. The summed E-state index contributed by atoms with van der Waals surface area (Å²) in [5.74, 6) is -0.761. The average molecular weight is 463 g/mol. The molecule has 0 atom stereocenters. The molecule has 2 N–H and O–H groups in total. The van der Waals surface area contributed by atoms with Crippen molar-refractivity contribution in [3.05, 3.63) is 23.8 Å². The molecule has 182 valence electrons. The number of hydrazone groups is 1. The smallest absolute Gasteiger partial charge is 0.329 e. The van der Waals surface area contributed by atoms with E-state index in [0.717, 1.165) is 25.9 Å². The molecule has 0 aliphatic carbocycles. The Morgan fingerprint density at radius 1 is 1.12 bits per heavy atom. The number of rotatable bonds is 12. The van der Waals surface area contributed by atoms with E-state index in [1.165, 1.54) is 6.21 Å². The number of nitrogens with one attached hydrogen (secondary N) is 2. The van der Waals surface area contributed by atoms with E-state index in [4.69, 9.17) is 14.2 Å². The zero-order valence-corrected chi connectivity index (χ0v) is 19.6. The molecule has 0 radical (unpaired) electrons. The van der Waals surface area contributed by atoms with Crippen molar-refractivity contribution in [1.29, 1.82) is 0 Å². The number of likely N-dealkylation sites (tertiary alicyclic amines) is 1. The predicted octanol–water partition coefficient (Wildman–Crippen LogP) is 1.47. The van der Waals surface area contributed by atoms with Crippen LogP contribution in [0.5, 0.6) is 11.5 Å². The summed E-state index contributed by atoms with van der Waals surface area (Å²) in [6.07, 6.45) is 4.17. The Hall–Kier alpha value is -3.14. The van der Waals surface area contributed by atoms with Gasteiger partial charge in [-0.1, -0.05) is 0 Å². The molecule has 0 unspecified atom stereocenters. The normalized spacial score (nSPS) is 13.4. The third-order valence-corrected chi connectivity index (χ3v) is 4.72. The van der Waals surface area contributed by atoms with Crippen molar-refractivity contribution in [2.24, 2.45) is 5.10 Å². The average Bonchev–Trinajstić information content (AvgIpc) is 3.33. The summed E-state index contributed by atoms with van der Waals surface area (Å²) in [7, 11) is 0. The molecule has 33 heavy (non-hydrogen) atoms. The molecular formula is C23H34N4O6. The van der Waals surface area contributed by atoms with Crippen molar-refractivity contribution in [1.82, 2.24) is 15.6 Å². The lowest BCUT2D eigenvalue weighted by molar-refractivity contribution is -0.139. The Morgan fingerprint density at radius 3 is 2.58 bits per heavy atom. The van der Waals surface area contributed by atoms with Crippen molar-refractivity contribution < 1.29 is 28.6 Å². The fourth-order valence-electron chi connectivity index (χ4n) is 3.08. The van der Waals surface area contributed by atoms with Crippen molar-refractivity contribution in [2.75, 3.05) is 39.5 Å². The van der Waals surface area contributed by atoms with E-state index in [1.807, 2.05) is 20.8 Å². The van der Waals surface area contributed by atoms with Gasteiger partial charge in [0.25, 0.3) is 5.91 Å². The number of carbonyl (C=O) groups excluding carboxylic acids is 3. The molecule has 1 aromatic rings. The molecule has 1 aromatic carbocycles. The lowest BCUT2D eigenvalue weighted by Crippen LogP contribution is -2.38. The van der Waals surface area contributed by atoms with E-state index in [1.54, 1.807) is 23.1 Å². The highest BCUT2D eigenvalue weighted by molar-refractivity contribution is 6.35. The fraction of sp³-hybridized carbons (Fsp3) is 0.565. The molecule has 1 aliphatic heterocycles. The summed E-state index contributed by atoms with van der Waals surface area (Å²) in [5.41, 5.74) is 2.82. The van der Waals surface area contributed by atoms with Crippen molar-refractivity contribution >= 4 is 23.9 Å². The largest absolute Gasteiger partial charge is 0.490 e. The maximum atomic E-state index is 12.2. The first-order valence-corrected chi connectivity index (χ1v) is 11.3. The molecule has 1 fully saturated rings. The van der Waals surface area contributed by atoms with Gasteiger partial charge in [-0.05, 0) is 63.8 Å². The van der Waals surface area contributed by atoms with Crippen LogP contribution < -0.4 is 20.2 Å². The topological polar surface area (TPSA) is 119 Å².